The molecule has 0 N–H and O–H groups in total. The number of halogens is 1. The molecule has 0 bridgehead atoms. The van der Waals surface area contributed by atoms with Gasteiger partial charge in [-0.25, -0.2) is 9.18 Å². The molecule has 1 aliphatic heterocycles. The molecule has 0 amide bonds. The normalized spacial score (nSPS) is 19.1. The summed E-state index contributed by atoms with van der Waals surface area (Å²) in [6, 6.07) is 14.8. The molecule has 2 aliphatic rings. The number of fused-ring (bicyclic) bond motifs is 1. The zero-order chi connectivity index (χ0) is 19.8. The number of esters is 1. The summed E-state index contributed by atoms with van der Waals surface area (Å²) in [6.45, 7) is 0. The fourth-order valence-corrected chi connectivity index (χ4v) is 3.79. The number of hydrogen-bond donors (Lipinski definition) is 0. The van der Waals surface area contributed by atoms with Crippen molar-refractivity contribution in [1.82, 2.24) is 4.98 Å². The second-order valence-electron chi connectivity index (χ2n) is 7.59. The first kappa shape index (κ1) is 17.8. The fraction of sp³-hybridized carbons (Fsp3) is 0.200. The molecule has 1 saturated carbocycles. The Labute approximate surface area is 168 Å². The van der Waals surface area contributed by atoms with Crippen LogP contribution in [-0.4, -0.2) is 17.1 Å². The lowest BCUT2D eigenvalue weighted by atomic mass is 9.97. The smallest absolute Gasteiger partial charge is 0.331 e. The van der Waals surface area contributed by atoms with Gasteiger partial charge in [0, 0.05) is 23.8 Å². The number of nitrogens with zero attached hydrogens (tertiary/aromatic N) is 1. The molecule has 0 radical (unpaired) electrons. The largest absolute Gasteiger partial charge is 0.455 e. The first-order valence-corrected chi connectivity index (χ1v) is 9.92. The van der Waals surface area contributed by atoms with Crippen LogP contribution in [0.15, 0.2) is 66.8 Å². The summed E-state index contributed by atoms with van der Waals surface area (Å²) in [5.74, 6) is -0.0614. The van der Waals surface area contributed by atoms with Crippen molar-refractivity contribution in [1.29, 1.82) is 0 Å². The van der Waals surface area contributed by atoms with Gasteiger partial charge in [-0.2, -0.15) is 0 Å². The second-order valence-corrected chi connectivity index (χ2v) is 7.59. The first-order valence-electron chi connectivity index (χ1n) is 9.92. The van der Waals surface area contributed by atoms with Crippen molar-refractivity contribution in [2.75, 3.05) is 0 Å². The van der Waals surface area contributed by atoms with Gasteiger partial charge in [-0.05, 0) is 59.9 Å². The van der Waals surface area contributed by atoms with Crippen molar-refractivity contribution in [3.05, 3.63) is 83.8 Å². The third-order valence-corrected chi connectivity index (χ3v) is 5.42. The highest BCUT2D eigenvalue weighted by atomic mass is 19.1. The molecule has 1 aliphatic carbocycles. The molecule has 4 heteroatoms. The quantitative estimate of drug-likeness (QED) is 0.533. The van der Waals surface area contributed by atoms with Gasteiger partial charge in [0.15, 0.2) is 0 Å². The predicted molar refractivity (Wildman–Crippen MR) is 112 cm³/mol. The highest BCUT2D eigenvalue weighted by Gasteiger charge is 2.28. The van der Waals surface area contributed by atoms with Crippen LogP contribution in [0.3, 0.4) is 0 Å². The Kier molecular flexibility index (Phi) is 4.47. The molecule has 1 atom stereocenters. The summed E-state index contributed by atoms with van der Waals surface area (Å²) in [5, 5.41) is 1.03. The van der Waals surface area contributed by atoms with Gasteiger partial charge in [0.05, 0.1) is 11.2 Å². The Morgan fingerprint density at radius 3 is 2.69 bits per heavy atom. The molecule has 3 nitrogen and oxygen atoms in total. The lowest BCUT2D eigenvalue weighted by molar-refractivity contribution is -0.141. The standard InChI is InChI=1S/C25H20FNO2/c26-19-12-9-16(10-13-19)21-4-2-5-23-22(21)15-18(25(27-23)17-7-8-17)11-14-20-3-1-6-24(28)29-20/h1-2,4-6,9-15,17,20H,3,7-8H2/b14-11+/t20-/m1/s1. The van der Waals surface area contributed by atoms with E-state index in [0.717, 1.165) is 46.1 Å². The third-order valence-electron chi connectivity index (χ3n) is 5.42. The number of rotatable bonds is 4. The minimum Gasteiger partial charge on any atom is -0.455 e. The van der Waals surface area contributed by atoms with Gasteiger partial charge in [-0.3, -0.25) is 4.98 Å². The first-order chi connectivity index (χ1) is 14.2. The van der Waals surface area contributed by atoms with Crippen LogP contribution in [0.2, 0.25) is 0 Å². The number of hydrogen-bond acceptors (Lipinski definition) is 3. The molecule has 5 rings (SSSR count). The molecule has 3 aromatic rings. The van der Waals surface area contributed by atoms with Gasteiger partial charge in [-0.1, -0.05) is 36.4 Å². The Hall–Kier alpha value is -3.27. The van der Waals surface area contributed by atoms with E-state index < -0.39 is 0 Å². The van der Waals surface area contributed by atoms with Crippen LogP contribution < -0.4 is 0 Å². The van der Waals surface area contributed by atoms with Crippen molar-refractivity contribution in [3.63, 3.8) is 0 Å². The number of carbonyl (C=O) groups is 1. The number of benzene rings is 2. The number of ether oxygens (including phenoxy) is 1. The molecule has 0 unspecified atom stereocenters. The van der Waals surface area contributed by atoms with E-state index in [-0.39, 0.29) is 17.9 Å². The molecule has 29 heavy (non-hydrogen) atoms. The minimum absolute atomic E-state index is 0.247. The van der Waals surface area contributed by atoms with Crippen LogP contribution in [0, 0.1) is 5.82 Å². The Morgan fingerprint density at radius 1 is 1.10 bits per heavy atom. The van der Waals surface area contributed by atoms with E-state index in [4.69, 9.17) is 9.72 Å². The summed E-state index contributed by atoms with van der Waals surface area (Å²) >= 11 is 0. The highest BCUT2D eigenvalue weighted by Crippen LogP contribution is 2.42. The van der Waals surface area contributed by atoms with Crippen LogP contribution in [-0.2, 0) is 9.53 Å². The number of pyridine rings is 1. The summed E-state index contributed by atoms with van der Waals surface area (Å²) in [6.07, 6.45) is 10.0. The molecule has 0 spiro atoms. The maximum Gasteiger partial charge on any atom is 0.331 e. The highest BCUT2D eigenvalue weighted by molar-refractivity contribution is 5.96. The van der Waals surface area contributed by atoms with E-state index in [2.05, 4.69) is 6.07 Å². The number of aromatic nitrogens is 1. The van der Waals surface area contributed by atoms with Gasteiger partial charge in [-0.15, -0.1) is 0 Å². The molecule has 144 valence electrons. The van der Waals surface area contributed by atoms with Gasteiger partial charge in [0.25, 0.3) is 0 Å². The van der Waals surface area contributed by atoms with Crippen molar-refractivity contribution in [3.8, 4) is 11.1 Å². The second kappa shape index (κ2) is 7.28. The van der Waals surface area contributed by atoms with E-state index in [9.17, 15) is 9.18 Å². The topological polar surface area (TPSA) is 39.2 Å². The predicted octanol–water partition coefficient (Wildman–Crippen LogP) is 5.80. The summed E-state index contributed by atoms with van der Waals surface area (Å²) in [4.78, 5) is 16.5. The Bertz CT molecular complexity index is 1140. The SMILES string of the molecule is O=C1C=CC[C@H](/C=C/c2cc3c(-c4ccc(F)cc4)cccc3nc2C2CC2)O1. The van der Waals surface area contributed by atoms with Crippen LogP contribution in [0.5, 0.6) is 0 Å². The van der Waals surface area contributed by atoms with Crippen molar-refractivity contribution in [2.24, 2.45) is 0 Å². The van der Waals surface area contributed by atoms with E-state index in [1.54, 1.807) is 12.1 Å². The van der Waals surface area contributed by atoms with Gasteiger partial charge < -0.3 is 4.74 Å². The lowest BCUT2D eigenvalue weighted by Gasteiger charge is -2.15. The average molecular weight is 385 g/mol. The fourth-order valence-electron chi connectivity index (χ4n) is 3.79. The van der Waals surface area contributed by atoms with Crippen molar-refractivity contribution in [2.45, 2.75) is 31.3 Å². The summed E-state index contributed by atoms with van der Waals surface area (Å²) < 4.78 is 18.7. The van der Waals surface area contributed by atoms with Crippen molar-refractivity contribution >= 4 is 22.9 Å². The van der Waals surface area contributed by atoms with Crippen molar-refractivity contribution < 1.29 is 13.9 Å². The van der Waals surface area contributed by atoms with E-state index in [1.165, 1.54) is 18.2 Å². The third kappa shape index (κ3) is 3.70. The van der Waals surface area contributed by atoms with Crippen LogP contribution >= 0.6 is 0 Å². The Morgan fingerprint density at radius 2 is 1.93 bits per heavy atom. The van der Waals surface area contributed by atoms with Crippen LogP contribution in [0.1, 0.15) is 36.4 Å². The lowest BCUT2D eigenvalue weighted by Crippen LogP contribution is -2.17. The van der Waals surface area contributed by atoms with E-state index in [1.807, 2.05) is 36.4 Å². The van der Waals surface area contributed by atoms with Crippen LogP contribution in [0.25, 0.3) is 28.1 Å². The number of carbonyl (C=O) groups excluding carboxylic acids is 1. The molecule has 2 heterocycles. The van der Waals surface area contributed by atoms with Gasteiger partial charge in [0.2, 0.25) is 0 Å². The summed E-state index contributed by atoms with van der Waals surface area (Å²) in [7, 11) is 0. The van der Waals surface area contributed by atoms with Gasteiger partial charge in [0.1, 0.15) is 11.9 Å². The molecular weight excluding hydrogens is 365 g/mol. The molecule has 2 aromatic carbocycles. The number of cyclic esters (lactones) is 1. The van der Waals surface area contributed by atoms with E-state index >= 15 is 0 Å². The Balaban J connectivity index is 1.59. The molecule has 1 fully saturated rings. The molecule has 1 aromatic heterocycles. The van der Waals surface area contributed by atoms with Crippen LogP contribution in [0.4, 0.5) is 4.39 Å². The van der Waals surface area contributed by atoms with Gasteiger partial charge >= 0.3 is 5.97 Å². The zero-order valence-corrected chi connectivity index (χ0v) is 15.8. The molecule has 0 saturated heterocycles. The maximum atomic E-state index is 13.4. The van der Waals surface area contributed by atoms with E-state index in [0.29, 0.717) is 12.3 Å². The maximum absolute atomic E-state index is 13.4. The average Bonchev–Trinajstić information content (AvgIpc) is 3.57. The molecular formula is C25H20FNO2. The zero-order valence-electron chi connectivity index (χ0n) is 15.8. The monoisotopic (exact) mass is 385 g/mol. The summed E-state index contributed by atoms with van der Waals surface area (Å²) in [5.41, 5.74) is 5.08. The minimum atomic E-state index is -0.302.